The van der Waals surface area contributed by atoms with Gasteiger partial charge in [0.25, 0.3) is 5.91 Å². The van der Waals surface area contributed by atoms with Gasteiger partial charge in [0.2, 0.25) is 5.78 Å². The summed E-state index contributed by atoms with van der Waals surface area (Å²) in [6, 6.07) is 10.4. The molecule has 1 aromatic heterocycles. The Balaban J connectivity index is 1.51. The maximum atomic E-state index is 12.7. The maximum absolute atomic E-state index is 12.7. The topological polar surface area (TPSA) is 97.5 Å². The van der Waals surface area contributed by atoms with Crippen LogP contribution in [0.2, 0.25) is 0 Å². The first-order chi connectivity index (χ1) is 13.8. The molecule has 1 atom stereocenters. The predicted molar refractivity (Wildman–Crippen MR) is 108 cm³/mol. The lowest BCUT2D eigenvalue weighted by molar-refractivity contribution is -0.118. The highest BCUT2D eigenvalue weighted by Gasteiger charge is 2.24. The van der Waals surface area contributed by atoms with Gasteiger partial charge in [-0.2, -0.15) is 0 Å². The van der Waals surface area contributed by atoms with Crippen molar-refractivity contribution in [1.29, 1.82) is 0 Å². The number of aromatic amines is 1. The number of carbonyl (C=O) groups is 3. The van der Waals surface area contributed by atoms with E-state index in [4.69, 9.17) is 9.47 Å². The van der Waals surface area contributed by atoms with Crippen LogP contribution in [0.5, 0.6) is 5.75 Å². The second-order valence-electron chi connectivity index (χ2n) is 7.19. The van der Waals surface area contributed by atoms with E-state index in [1.54, 1.807) is 18.2 Å². The lowest BCUT2D eigenvalue weighted by Crippen LogP contribution is -2.27. The number of nitrogens with one attached hydrogen (secondary N) is 2. The SMILES string of the molecule is Cc1cc(C)c2cc(C(=O)O[C@@H](C)C(=O)c3ccc4c(c3)NC(=O)CO4)[nH]c2c1. The van der Waals surface area contributed by atoms with Gasteiger partial charge in [-0.15, -0.1) is 0 Å². The largest absolute Gasteiger partial charge is 0.482 e. The minimum atomic E-state index is -0.991. The van der Waals surface area contributed by atoms with Crippen LogP contribution in [-0.2, 0) is 9.53 Å². The van der Waals surface area contributed by atoms with Crippen LogP contribution >= 0.6 is 0 Å². The summed E-state index contributed by atoms with van der Waals surface area (Å²) in [6.45, 7) is 5.42. The fourth-order valence-corrected chi connectivity index (χ4v) is 3.46. The molecule has 0 bridgehead atoms. The summed E-state index contributed by atoms with van der Waals surface area (Å²) in [7, 11) is 0. The molecule has 0 unspecified atom stereocenters. The number of fused-ring (bicyclic) bond motifs is 2. The Hall–Kier alpha value is -3.61. The van der Waals surface area contributed by atoms with E-state index in [2.05, 4.69) is 10.3 Å². The van der Waals surface area contributed by atoms with Crippen molar-refractivity contribution in [2.24, 2.45) is 0 Å². The zero-order valence-electron chi connectivity index (χ0n) is 16.3. The average Bonchev–Trinajstić information content (AvgIpc) is 3.11. The molecule has 1 aliphatic heterocycles. The highest BCUT2D eigenvalue weighted by molar-refractivity contribution is 6.04. The number of aryl methyl sites for hydroxylation is 2. The van der Waals surface area contributed by atoms with Crippen molar-refractivity contribution in [3.05, 3.63) is 58.8 Å². The van der Waals surface area contributed by atoms with Crippen molar-refractivity contribution in [2.75, 3.05) is 11.9 Å². The number of Topliss-reactive ketones (excluding diaryl/α,β-unsaturated/α-hetero) is 1. The third kappa shape index (κ3) is 3.59. The van der Waals surface area contributed by atoms with E-state index in [9.17, 15) is 14.4 Å². The van der Waals surface area contributed by atoms with Gasteiger partial charge < -0.3 is 19.8 Å². The number of benzene rings is 2. The number of rotatable bonds is 4. The fraction of sp³-hybridized carbons (Fsp3) is 0.227. The minimum Gasteiger partial charge on any atom is -0.482 e. The summed E-state index contributed by atoms with van der Waals surface area (Å²) < 4.78 is 10.7. The number of ketones is 1. The van der Waals surface area contributed by atoms with E-state index in [1.807, 2.05) is 26.0 Å². The maximum Gasteiger partial charge on any atom is 0.355 e. The summed E-state index contributed by atoms with van der Waals surface area (Å²) in [6.07, 6.45) is -0.991. The van der Waals surface area contributed by atoms with Gasteiger partial charge in [0.1, 0.15) is 11.4 Å². The molecule has 1 amide bonds. The Morgan fingerprint density at radius 2 is 1.93 bits per heavy atom. The Kier molecular flexibility index (Phi) is 4.58. The van der Waals surface area contributed by atoms with Gasteiger partial charge in [-0.05, 0) is 62.2 Å². The monoisotopic (exact) mass is 392 g/mol. The number of carbonyl (C=O) groups excluding carboxylic acids is 3. The van der Waals surface area contributed by atoms with Crippen molar-refractivity contribution in [3.63, 3.8) is 0 Å². The number of anilines is 1. The molecule has 1 aliphatic rings. The van der Waals surface area contributed by atoms with Crippen LogP contribution in [0.1, 0.15) is 38.9 Å². The lowest BCUT2D eigenvalue weighted by atomic mass is 10.1. The van der Waals surface area contributed by atoms with E-state index in [-0.39, 0.29) is 18.3 Å². The summed E-state index contributed by atoms with van der Waals surface area (Å²) in [4.78, 5) is 39.8. The number of esters is 1. The standard InChI is InChI=1S/C22H20N2O5/c1-11-6-12(2)15-9-18(23-16(15)7-11)22(27)29-13(3)21(26)14-4-5-19-17(8-14)24-20(25)10-28-19/h4-9,13,23H,10H2,1-3H3,(H,24,25)/t13-/m0/s1. The first kappa shape index (κ1) is 18.7. The molecular weight excluding hydrogens is 372 g/mol. The molecule has 0 spiro atoms. The van der Waals surface area contributed by atoms with E-state index in [0.29, 0.717) is 22.7 Å². The molecule has 4 rings (SSSR count). The van der Waals surface area contributed by atoms with Crippen molar-refractivity contribution < 1.29 is 23.9 Å². The molecule has 0 aliphatic carbocycles. The first-order valence-corrected chi connectivity index (χ1v) is 9.23. The van der Waals surface area contributed by atoms with Crippen molar-refractivity contribution >= 4 is 34.3 Å². The lowest BCUT2D eigenvalue weighted by Gasteiger charge is -2.19. The van der Waals surface area contributed by atoms with Crippen LogP contribution in [0, 0.1) is 13.8 Å². The van der Waals surface area contributed by atoms with Crippen LogP contribution in [0.3, 0.4) is 0 Å². The highest BCUT2D eigenvalue weighted by Crippen LogP contribution is 2.29. The second-order valence-corrected chi connectivity index (χ2v) is 7.19. The molecule has 2 N–H and O–H groups in total. The predicted octanol–water partition coefficient (Wildman–Crippen LogP) is 3.54. The van der Waals surface area contributed by atoms with Gasteiger partial charge in [-0.25, -0.2) is 4.79 Å². The van der Waals surface area contributed by atoms with Gasteiger partial charge in [-0.1, -0.05) is 6.07 Å². The number of ether oxygens (including phenoxy) is 2. The molecule has 7 nitrogen and oxygen atoms in total. The second kappa shape index (κ2) is 7.09. The van der Waals surface area contributed by atoms with Crippen molar-refractivity contribution in [3.8, 4) is 5.75 Å². The molecule has 7 heteroatoms. The number of amides is 1. The van der Waals surface area contributed by atoms with Gasteiger partial charge in [0.15, 0.2) is 12.7 Å². The molecule has 0 radical (unpaired) electrons. The third-order valence-electron chi connectivity index (χ3n) is 4.86. The van der Waals surface area contributed by atoms with Crippen LogP contribution in [0.15, 0.2) is 36.4 Å². The average molecular weight is 392 g/mol. The van der Waals surface area contributed by atoms with Gasteiger partial charge in [-0.3, -0.25) is 9.59 Å². The van der Waals surface area contributed by atoms with Crippen LogP contribution in [0.25, 0.3) is 10.9 Å². The molecule has 148 valence electrons. The van der Waals surface area contributed by atoms with E-state index in [0.717, 1.165) is 22.0 Å². The molecule has 29 heavy (non-hydrogen) atoms. The summed E-state index contributed by atoms with van der Waals surface area (Å²) >= 11 is 0. The summed E-state index contributed by atoms with van der Waals surface area (Å²) in [5.74, 6) is -0.765. The molecule has 0 saturated carbocycles. The zero-order valence-corrected chi connectivity index (χ0v) is 16.3. The van der Waals surface area contributed by atoms with Crippen molar-refractivity contribution in [2.45, 2.75) is 26.9 Å². The third-order valence-corrected chi connectivity index (χ3v) is 4.86. The Labute approximate surface area is 167 Å². The van der Waals surface area contributed by atoms with Gasteiger partial charge in [0, 0.05) is 16.5 Å². The van der Waals surface area contributed by atoms with E-state index >= 15 is 0 Å². The highest BCUT2D eigenvalue weighted by atomic mass is 16.5. The smallest absolute Gasteiger partial charge is 0.355 e. The van der Waals surface area contributed by atoms with E-state index < -0.39 is 12.1 Å². The van der Waals surface area contributed by atoms with Crippen LogP contribution in [0.4, 0.5) is 5.69 Å². The summed E-state index contributed by atoms with van der Waals surface area (Å²) in [5.41, 5.74) is 4.02. The summed E-state index contributed by atoms with van der Waals surface area (Å²) in [5, 5.41) is 3.59. The zero-order chi connectivity index (χ0) is 20.7. The first-order valence-electron chi connectivity index (χ1n) is 9.23. The molecule has 3 aromatic rings. The molecule has 0 saturated heterocycles. The normalized spacial score (nSPS) is 14.0. The Morgan fingerprint density at radius 1 is 1.14 bits per heavy atom. The van der Waals surface area contributed by atoms with Crippen LogP contribution in [-0.4, -0.2) is 35.4 Å². The molecule has 0 fully saturated rings. The van der Waals surface area contributed by atoms with E-state index in [1.165, 1.54) is 13.0 Å². The number of H-pyrrole nitrogens is 1. The Morgan fingerprint density at radius 3 is 2.72 bits per heavy atom. The number of aromatic nitrogens is 1. The van der Waals surface area contributed by atoms with Gasteiger partial charge >= 0.3 is 5.97 Å². The number of hydrogen-bond acceptors (Lipinski definition) is 5. The van der Waals surface area contributed by atoms with Gasteiger partial charge in [0.05, 0.1) is 5.69 Å². The molecular formula is C22H20N2O5. The molecule has 2 aromatic carbocycles. The minimum absolute atomic E-state index is 0.0577. The number of hydrogen-bond donors (Lipinski definition) is 2. The van der Waals surface area contributed by atoms with Crippen LogP contribution < -0.4 is 10.1 Å². The fourth-order valence-electron chi connectivity index (χ4n) is 3.46. The quantitative estimate of drug-likeness (QED) is 0.523. The molecule has 2 heterocycles. The Bertz CT molecular complexity index is 1160. The van der Waals surface area contributed by atoms with Crippen molar-refractivity contribution in [1.82, 2.24) is 4.98 Å².